The largest absolute Gasteiger partial charge is 0.352 e. The second kappa shape index (κ2) is 7.69. The van der Waals surface area contributed by atoms with E-state index in [1.54, 1.807) is 12.4 Å². The quantitative estimate of drug-likeness (QED) is 0.851. The summed E-state index contributed by atoms with van der Waals surface area (Å²) in [5.74, 6) is -0.200. The molecule has 1 saturated heterocycles. The third-order valence-electron chi connectivity index (χ3n) is 3.80. The highest BCUT2D eigenvalue weighted by Gasteiger charge is 2.31. The van der Waals surface area contributed by atoms with Crippen LogP contribution in [0.25, 0.3) is 0 Å². The molecule has 1 atom stereocenters. The number of nitrogens with one attached hydrogen (secondary N) is 1. The van der Waals surface area contributed by atoms with E-state index in [4.69, 9.17) is 0 Å². The molecule has 0 radical (unpaired) electrons. The van der Waals surface area contributed by atoms with Crippen molar-refractivity contribution in [3.63, 3.8) is 0 Å². The zero-order valence-corrected chi connectivity index (χ0v) is 13.7. The number of hydrogen-bond acceptors (Lipinski definition) is 4. The van der Waals surface area contributed by atoms with Crippen LogP contribution in [0, 0.1) is 5.92 Å². The molecule has 2 heterocycles. The third-order valence-corrected chi connectivity index (χ3v) is 5.84. The number of pyridine rings is 1. The van der Waals surface area contributed by atoms with Crippen molar-refractivity contribution in [1.82, 2.24) is 14.6 Å². The van der Waals surface area contributed by atoms with E-state index in [1.165, 1.54) is 4.31 Å². The molecule has 6 nitrogen and oxygen atoms in total. The Kier molecular flexibility index (Phi) is 5.90. The van der Waals surface area contributed by atoms with Gasteiger partial charge in [-0.25, -0.2) is 12.7 Å². The van der Waals surface area contributed by atoms with Crippen LogP contribution in [0.3, 0.4) is 0 Å². The molecule has 1 amide bonds. The van der Waals surface area contributed by atoms with Gasteiger partial charge < -0.3 is 5.32 Å². The van der Waals surface area contributed by atoms with Crippen molar-refractivity contribution in [3.8, 4) is 0 Å². The standard InChI is InChI=1S/C15H23N3O3S/c1-2-9-22(20,21)18-8-4-6-14(12-18)15(19)17-11-13-5-3-7-16-10-13/h3,5,7,10,14H,2,4,6,8-9,11-12H2,1H3,(H,17,19)/t14-/m0/s1. The maximum absolute atomic E-state index is 12.2. The SMILES string of the molecule is CCCS(=O)(=O)N1CCC[C@H](C(=O)NCc2cccnc2)C1. The number of carbonyl (C=O) groups is 1. The minimum absolute atomic E-state index is 0.0831. The van der Waals surface area contributed by atoms with Crippen LogP contribution in [0.1, 0.15) is 31.7 Å². The number of carbonyl (C=O) groups excluding carboxylic acids is 1. The highest BCUT2D eigenvalue weighted by molar-refractivity contribution is 7.89. The van der Waals surface area contributed by atoms with Crippen LogP contribution in [0.5, 0.6) is 0 Å². The predicted octanol–water partition coefficient (Wildman–Crippen LogP) is 1.15. The molecular formula is C15H23N3O3S. The van der Waals surface area contributed by atoms with Crippen molar-refractivity contribution in [3.05, 3.63) is 30.1 Å². The van der Waals surface area contributed by atoms with E-state index in [2.05, 4.69) is 10.3 Å². The summed E-state index contributed by atoms with van der Waals surface area (Å²) < 4.78 is 25.7. The first-order valence-electron chi connectivity index (χ1n) is 7.67. The molecule has 7 heteroatoms. The topological polar surface area (TPSA) is 79.4 Å². The van der Waals surface area contributed by atoms with Gasteiger partial charge in [0.1, 0.15) is 0 Å². The third kappa shape index (κ3) is 4.51. The van der Waals surface area contributed by atoms with Crippen LogP contribution < -0.4 is 5.32 Å². The van der Waals surface area contributed by atoms with E-state index >= 15 is 0 Å². The molecular weight excluding hydrogens is 302 g/mol. The Labute approximate surface area is 132 Å². The van der Waals surface area contributed by atoms with Gasteiger partial charge in [-0.15, -0.1) is 0 Å². The van der Waals surface area contributed by atoms with E-state index in [0.717, 1.165) is 18.4 Å². The van der Waals surface area contributed by atoms with E-state index < -0.39 is 10.0 Å². The van der Waals surface area contributed by atoms with Crippen LogP contribution in [-0.4, -0.2) is 42.5 Å². The van der Waals surface area contributed by atoms with Gasteiger partial charge >= 0.3 is 0 Å². The van der Waals surface area contributed by atoms with Gasteiger partial charge in [-0.2, -0.15) is 0 Å². The second-order valence-electron chi connectivity index (χ2n) is 5.59. The lowest BCUT2D eigenvalue weighted by atomic mass is 9.99. The number of piperidine rings is 1. The number of nitrogens with zero attached hydrogens (tertiary/aromatic N) is 2. The molecule has 2 rings (SSSR count). The zero-order valence-electron chi connectivity index (χ0n) is 12.9. The molecule has 0 spiro atoms. The molecule has 0 aromatic carbocycles. The summed E-state index contributed by atoms with van der Waals surface area (Å²) in [6.07, 6.45) is 5.45. The van der Waals surface area contributed by atoms with Crippen LogP contribution in [0.4, 0.5) is 0 Å². The van der Waals surface area contributed by atoms with E-state index in [-0.39, 0.29) is 17.6 Å². The first-order valence-corrected chi connectivity index (χ1v) is 9.28. The molecule has 0 aliphatic carbocycles. The van der Waals surface area contributed by atoms with Gasteiger partial charge in [-0.05, 0) is 30.9 Å². The molecule has 1 fully saturated rings. The van der Waals surface area contributed by atoms with Gasteiger partial charge in [0, 0.05) is 32.0 Å². The van der Waals surface area contributed by atoms with Crippen LogP contribution in [0.15, 0.2) is 24.5 Å². The summed E-state index contributed by atoms with van der Waals surface area (Å²) in [6, 6.07) is 3.72. The first-order chi connectivity index (χ1) is 10.5. The molecule has 1 aromatic rings. The Morgan fingerprint density at radius 2 is 2.32 bits per heavy atom. The summed E-state index contributed by atoms with van der Waals surface area (Å²) in [7, 11) is -3.22. The fourth-order valence-corrected chi connectivity index (χ4v) is 4.22. The highest BCUT2D eigenvalue weighted by Crippen LogP contribution is 2.20. The molecule has 1 N–H and O–H groups in total. The molecule has 1 aliphatic heterocycles. The summed E-state index contributed by atoms with van der Waals surface area (Å²) in [6.45, 7) is 3.08. The van der Waals surface area contributed by atoms with Gasteiger partial charge in [-0.3, -0.25) is 9.78 Å². The average molecular weight is 325 g/mol. The molecule has 1 aromatic heterocycles. The zero-order chi connectivity index (χ0) is 16.0. The van der Waals surface area contributed by atoms with Gasteiger partial charge in [0.2, 0.25) is 15.9 Å². The minimum Gasteiger partial charge on any atom is -0.352 e. The van der Waals surface area contributed by atoms with Crippen molar-refractivity contribution < 1.29 is 13.2 Å². The number of amides is 1. The number of rotatable bonds is 6. The van der Waals surface area contributed by atoms with E-state index in [1.807, 2.05) is 19.1 Å². The maximum Gasteiger partial charge on any atom is 0.224 e. The molecule has 22 heavy (non-hydrogen) atoms. The number of aromatic nitrogens is 1. The predicted molar refractivity (Wildman–Crippen MR) is 84.5 cm³/mol. The van der Waals surface area contributed by atoms with Crippen molar-refractivity contribution in [2.75, 3.05) is 18.8 Å². The summed E-state index contributed by atoms with van der Waals surface area (Å²) >= 11 is 0. The van der Waals surface area contributed by atoms with Gasteiger partial charge in [0.25, 0.3) is 0 Å². The van der Waals surface area contributed by atoms with Crippen molar-refractivity contribution in [2.24, 2.45) is 5.92 Å². The highest BCUT2D eigenvalue weighted by atomic mass is 32.2. The molecule has 0 unspecified atom stereocenters. The Morgan fingerprint density at radius 1 is 1.50 bits per heavy atom. The second-order valence-corrected chi connectivity index (χ2v) is 7.68. The fraction of sp³-hybridized carbons (Fsp3) is 0.600. The van der Waals surface area contributed by atoms with Gasteiger partial charge in [-0.1, -0.05) is 13.0 Å². The van der Waals surface area contributed by atoms with Crippen molar-refractivity contribution in [1.29, 1.82) is 0 Å². The van der Waals surface area contributed by atoms with E-state index in [0.29, 0.717) is 26.1 Å². The summed E-state index contributed by atoms with van der Waals surface area (Å²) in [5.41, 5.74) is 0.933. The van der Waals surface area contributed by atoms with Crippen molar-refractivity contribution >= 4 is 15.9 Å². The van der Waals surface area contributed by atoms with Crippen LogP contribution >= 0.6 is 0 Å². The lowest BCUT2D eigenvalue weighted by Crippen LogP contribution is -2.45. The normalized spacial score (nSPS) is 19.8. The molecule has 0 saturated carbocycles. The Bertz CT molecular complexity index is 589. The Morgan fingerprint density at radius 3 is 3.00 bits per heavy atom. The molecule has 122 valence electrons. The van der Waals surface area contributed by atoms with E-state index in [9.17, 15) is 13.2 Å². The number of sulfonamides is 1. The molecule has 0 bridgehead atoms. The lowest BCUT2D eigenvalue weighted by molar-refractivity contribution is -0.126. The van der Waals surface area contributed by atoms with Crippen LogP contribution in [-0.2, 0) is 21.4 Å². The molecule has 1 aliphatic rings. The minimum atomic E-state index is -3.22. The Balaban J connectivity index is 1.90. The smallest absolute Gasteiger partial charge is 0.224 e. The van der Waals surface area contributed by atoms with Gasteiger partial charge in [0.15, 0.2) is 0 Å². The first kappa shape index (κ1) is 16.9. The number of hydrogen-bond donors (Lipinski definition) is 1. The van der Waals surface area contributed by atoms with Gasteiger partial charge in [0.05, 0.1) is 11.7 Å². The Hall–Kier alpha value is -1.47. The summed E-state index contributed by atoms with van der Waals surface area (Å²) in [4.78, 5) is 16.2. The fourth-order valence-electron chi connectivity index (χ4n) is 2.63. The van der Waals surface area contributed by atoms with Crippen LogP contribution in [0.2, 0.25) is 0 Å². The van der Waals surface area contributed by atoms with Crippen molar-refractivity contribution in [2.45, 2.75) is 32.7 Å². The summed E-state index contributed by atoms with van der Waals surface area (Å²) in [5, 5.41) is 2.87. The maximum atomic E-state index is 12.2. The average Bonchev–Trinajstić information content (AvgIpc) is 2.53. The monoisotopic (exact) mass is 325 g/mol. The lowest BCUT2D eigenvalue weighted by Gasteiger charge is -2.31.